The van der Waals surface area contributed by atoms with E-state index in [1.165, 1.54) is 0 Å². The second-order valence-electron chi connectivity index (χ2n) is 9.81. The van der Waals surface area contributed by atoms with Crippen LogP contribution in [-0.4, -0.2) is 54.7 Å². The number of hydrogen-bond acceptors (Lipinski definition) is 5. The Morgan fingerprint density at radius 3 is 2.16 bits per heavy atom. The van der Waals surface area contributed by atoms with Crippen LogP contribution in [0.2, 0.25) is 0 Å². The number of alkyl carbamates (subject to hydrolysis) is 1. The molecule has 0 spiro atoms. The molecular formula is C24H39NO6. The van der Waals surface area contributed by atoms with Crippen LogP contribution in [0.25, 0.3) is 0 Å². The molecular weight excluding hydrogens is 398 g/mol. The average molecular weight is 438 g/mol. The minimum absolute atomic E-state index is 0.00593. The lowest BCUT2D eigenvalue weighted by atomic mass is 10.0. The molecule has 0 aromatic carbocycles. The fraction of sp³-hybridized carbons (Fsp3) is 0.833. The Labute approximate surface area is 186 Å². The lowest BCUT2D eigenvalue weighted by molar-refractivity contribution is -0.140. The number of carbonyl (C=O) groups is 2. The number of carboxylic acid groups (broad SMARTS) is 1. The smallest absolute Gasteiger partial charge is 0.407 e. The minimum atomic E-state index is -0.866. The van der Waals surface area contributed by atoms with Crippen LogP contribution in [0.1, 0.15) is 72.6 Å². The molecule has 176 valence electrons. The number of rotatable bonds is 13. The van der Waals surface area contributed by atoms with Gasteiger partial charge in [-0.3, -0.25) is 4.79 Å². The SMILES string of the molecule is CC(C)(CCNC(=O)OCC1[C@H]2CCC#CCC[C@@H]12)OCCC(C)(C)OCCC(=O)O. The van der Waals surface area contributed by atoms with Gasteiger partial charge in [0.1, 0.15) is 0 Å². The Kier molecular flexibility index (Phi) is 9.64. The average Bonchev–Trinajstić information content (AvgIpc) is 3.28. The van der Waals surface area contributed by atoms with E-state index in [1.54, 1.807) is 0 Å². The first-order valence-corrected chi connectivity index (χ1v) is 11.5. The molecule has 1 saturated carbocycles. The van der Waals surface area contributed by atoms with Crippen LogP contribution in [0.5, 0.6) is 0 Å². The summed E-state index contributed by atoms with van der Waals surface area (Å²) in [5.41, 5.74) is -0.843. The van der Waals surface area contributed by atoms with Crippen molar-refractivity contribution in [1.82, 2.24) is 5.32 Å². The molecule has 2 aliphatic carbocycles. The summed E-state index contributed by atoms with van der Waals surface area (Å²) in [5.74, 6) is 7.37. The molecule has 0 bridgehead atoms. The molecule has 1 fully saturated rings. The molecule has 0 heterocycles. The van der Waals surface area contributed by atoms with E-state index >= 15 is 0 Å². The summed E-state index contributed by atoms with van der Waals surface area (Å²) in [6, 6.07) is 0. The highest BCUT2D eigenvalue weighted by atomic mass is 16.5. The van der Waals surface area contributed by atoms with Crippen molar-refractivity contribution >= 4 is 12.1 Å². The lowest BCUT2D eigenvalue weighted by Gasteiger charge is -2.29. The van der Waals surface area contributed by atoms with Crippen molar-refractivity contribution in [2.24, 2.45) is 17.8 Å². The van der Waals surface area contributed by atoms with E-state index in [0.717, 1.165) is 25.7 Å². The lowest BCUT2D eigenvalue weighted by Crippen LogP contribution is -2.35. The van der Waals surface area contributed by atoms with Gasteiger partial charge in [-0.15, -0.1) is 11.8 Å². The zero-order valence-electron chi connectivity index (χ0n) is 19.5. The van der Waals surface area contributed by atoms with E-state index in [-0.39, 0.29) is 19.1 Å². The van der Waals surface area contributed by atoms with Crippen LogP contribution in [-0.2, 0) is 19.0 Å². The summed E-state index contributed by atoms with van der Waals surface area (Å²) in [7, 11) is 0. The van der Waals surface area contributed by atoms with Crippen molar-refractivity contribution in [2.75, 3.05) is 26.4 Å². The van der Waals surface area contributed by atoms with Gasteiger partial charge in [0.05, 0.1) is 37.4 Å². The Balaban J connectivity index is 1.55. The number of ether oxygens (including phenoxy) is 3. The predicted molar refractivity (Wildman–Crippen MR) is 118 cm³/mol. The van der Waals surface area contributed by atoms with E-state index < -0.39 is 17.2 Å². The van der Waals surface area contributed by atoms with Gasteiger partial charge in [0.15, 0.2) is 0 Å². The molecule has 2 rings (SSSR count). The zero-order valence-corrected chi connectivity index (χ0v) is 19.5. The van der Waals surface area contributed by atoms with Gasteiger partial charge in [0.2, 0.25) is 0 Å². The molecule has 7 heteroatoms. The first-order valence-electron chi connectivity index (χ1n) is 11.5. The summed E-state index contributed by atoms with van der Waals surface area (Å²) in [6.07, 6.45) is 5.12. The van der Waals surface area contributed by atoms with Gasteiger partial charge in [-0.2, -0.15) is 0 Å². The van der Waals surface area contributed by atoms with Gasteiger partial charge in [-0.05, 0) is 71.1 Å². The molecule has 2 N–H and O–H groups in total. The third-order valence-corrected chi connectivity index (χ3v) is 6.25. The van der Waals surface area contributed by atoms with E-state index in [4.69, 9.17) is 19.3 Å². The van der Waals surface area contributed by atoms with Crippen molar-refractivity contribution in [3.63, 3.8) is 0 Å². The highest BCUT2D eigenvalue weighted by molar-refractivity contribution is 5.67. The number of aliphatic carboxylic acids is 1. The maximum atomic E-state index is 12.0. The molecule has 0 radical (unpaired) electrons. The first kappa shape index (κ1) is 25.5. The van der Waals surface area contributed by atoms with E-state index in [9.17, 15) is 9.59 Å². The van der Waals surface area contributed by atoms with Crippen LogP contribution in [0.4, 0.5) is 4.79 Å². The monoisotopic (exact) mass is 437 g/mol. The maximum Gasteiger partial charge on any atom is 0.407 e. The third kappa shape index (κ3) is 9.92. The molecule has 2 aliphatic rings. The largest absolute Gasteiger partial charge is 0.481 e. The second-order valence-corrected chi connectivity index (χ2v) is 9.81. The van der Waals surface area contributed by atoms with Crippen molar-refractivity contribution in [3.05, 3.63) is 0 Å². The fourth-order valence-electron chi connectivity index (χ4n) is 4.10. The standard InChI is InChI=1S/C24H39NO6/c1-23(2,31-16-13-24(3,4)30-15-11-21(26)27)12-14-25-22(28)29-17-20-18-9-7-5-6-8-10-19(18)20/h18-20H,7-17H2,1-4H3,(H,25,28)(H,26,27)/t18-,19+,20?. The van der Waals surface area contributed by atoms with E-state index in [2.05, 4.69) is 17.2 Å². The Hall–Kier alpha value is -1.78. The summed E-state index contributed by atoms with van der Waals surface area (Å²) < 4.78 is 17.0. The van der Waals surface area contributed by atoms with Crippen molar-refractivity contribution in [3.8, 4) is 11.8 Å². The fourth-order valence-corrected chi connectivity index (χ4v) is 4.10. The zero-order chi connectivity index (χ0) is 22.9. The van der Waals surface area contributed by atoms with E-state index in [1.807, 2.05) is 27.7 Å². The van der Waals surface area contributed by atoms with Gasteiger partial charge in [0.25, 0.3) is 0 Å². The highest BCUT2D eigenvalue weighted by Gasteiger charge is 2.49. The van der Waals surface area contributed by atoms with Gasteiger partial charge < -0.3 is 24.6 Å². The van der Waals surface area contributed by atoms with Gasteiger partial charge >= 0.3 is 12.1 Å². The first-order chi connectivity index (χ1) is 14.6. The molecule has 1 amide bonds. The van der Waals surface area contributed by atoms with Gasteiger partial charge in [0, 0.05) is 19.4 Å². The highest BCUT2D eigenvalue weighted by Crippen LogP contribution is 2.52. The number of fused-ring (bicyclic) bond motifs is 1. The number of amides is 1. The Morgan fingerprint density at radius 2 is 1.55 bits per heavy atom. The Bertz CT molecular complexity index is 645. The number of nitrogens with one attached hydrogen (secondary N) is 1. The van der Waals surface area contributed by atoms with Crippen molar-refractivity contribution in [1.29, 1.82) is 0 Å². The topological polar surface area (TPSA) is 94.1 Å². The predicted octanol–water partition coefficient (Wildman–Crippen LogP) is 4.00. The molecule has 0 aromatic rings. The normalized spacial score (nSPS) is 22.9. The summed E-state index contributed by atoms with van der Waals surface area (Å²) in [4.78, 5) is 22.6. The molecule has 0 saturated heterocycles. The molecule has 0 aromatic heterocycles. The number of carbonyl (C=O) groups excluding carboxylic acids is 1. The van der Waals surface area contributed by atoms with Crippen LogP contribution >= 0.6 is 0 Å². The van der Waals surface area contributed by atoms with Gasteiger partial charge in [-0.1, -0.05) is 0 Å². The van der Waals surface area contributed by atoms with Crippen LogP contribution in [0.15, 0.2) is 0 Å². The van der Waals surface area contributed by atoms with Crippen LogP contribution in [0.3, 0.4) is 0 Å². The molecule has 1 unspecified atom stereocenters. The maximum absolute atomic E-state index is 12.0. The van der Waals surface area contributed by atoms with Crippen LogP contribution < -0.4 is 5.32 Å². The Morgan fingerprint density at radius 1 is 0.968 bits per heavy atom. The van der Waals surface area contributed by atoms with Gasteiger partial charge in [-0.25, -0.2) is 4.79 Å². The molecule has 3 atom stereocenters. The van der Waals surface area contributed by atoms with Crippen molar-refractivity contribution < 1.29 is 28.9 Å². The molecule has 7 nitrogen and oxygen atoms in total. The number of hydrogen-bond donors (Lipinski definition) is 2. The van der Waals surface area contributed by atoms with E-state index in [0.29, 0.717) is 50.4 Å². The molecule has 0 aliphatic heterocycles. The van der Waals surface area contributed by atoms with Crippen LogP contribution in [0, 0.1) is 29.6 Å². The summed E-state index contributed by atoms with van der Waals surface area (Å²) >= 11 is 0. The quantitative estimate of drug-likeness (QED) is 0.423. The summed E-state index contributed by atoms with van der Waals surface area (Å²) in [5, 5.41) is 11.5. The summed E-state index contributed by atoms with van der Waals surface area (Å²) in [6.45, 7) is 9.49. The third-order valence-electron chi connectivity index (χ3n) is 6.25. The van der Waals surface area contributed by atoms with Crippen molar-refractivity contribution in [2.45, 2.75) is 83.8 Å². The molecule has 31 heavy (non-hydrogen) atoms. The number of carboxylic acids is 1. The second kappa shape index (κ2) is 11.7. The minimum Gasteiger partial charge on any atom is -0.481 e.